The molecule has 0 aromatic rings. The summed E-state index contributed by atoms with van der Waals surface area (Å²) in [4.78, 5) is 12.0. The van der Waals surface area contributed by atoms with Crippen molar-refractivity contribution in [3.63, 3.8) is 0 Å². The van der Waals surface area contributed by atoms with E-state index in [-0.39, 0.29) is 5.04 Å². The fraction of sp³-hybridized carbons (Fsp3) is 0.769. The van der Waals surface area contributed by atoms with Gasteiger partial charge in [-0.1, -0.05) is 26.8 Å². The molecule has 0 aromatic carbocycles. The number of amides is 1. The van der Waals surface area contributed by atoms with Gasteiger partial charge in [-0.15, -0.1) is 0 Å². The molecule has 0 aromatic heterocycles. The molecule has 0 saturated carbocycles. The van der Waals surface area contributed by atoms with Crippen LogP contribution >= 0.6 is 0 Å². The van der Waals surface area contributed by atoms with Gasteiger partial charge in [0.05, 0.1) is 6.26 Å². The Morgan fingerprint density at radius 1 is 1.29 bits per heavy atom. The summed E-state index contributed by atoms with van der Waals surface area (Å²) in [5, 5.41) is 0.245. The monoisotopic (exact) mass is 257 g/mol. The second kappa shape index (κ2) is 6.84. The first-order valence-electron chi connectivity index (χ1n) is 6.19. The minimum absolute atomic E-state index is 0.245. The molecule has 0 rings (SSSR count). The molecule has 0 aliphatic rings. The summed E-state index contributed by atoms with van der Waals surface area (Å²) in [5.41, 5.74) is 0. The van der Waals surface area contributed by atoms with E-state index >= 15 is 0 Å². The first-order chi connectivity index (χ1) is 7.70. The molecule has 1 amide bonds. The topological polar surface area (TPSA) is 29.5 Å². The second-order valence-electron chi connectivity index (χ2n) is 5.98. The van der Waals surface area contributed by atoms with Crippen molar-refractivity contribution >= 4 is 14.7 Å². The lowest BCUT2D eigenvalue weighted by atomic mass is 10.2. The summed E-state index contributed by atoms with van der Waals surface area (Å²) >= 11 is 0. The Balaban J connectivity index is 3.85. The summed E-state index contributed by atoms with van der Waals surface area (Å²) in [7, 11) is 0.147. The van der Waals surface area contributed by atoms with Crippen LogP contribution in [0.2, 0.25) is 18.1 Å². The fourth-order valence-corrected chi connectivity index (χ4v) is 1.76. The van der Waals surface area contributed by atoms with Gasteiger partial charge in [-0.3, -0.25) is 4.79 Å². The molecule has 0 aliphatic carbocycles. The molecular formula is C13H27NO2Si. The van der Waals surface area contributed by atoms with Gasteiger partial charge in [0.15, 0.2) is 0 Å². The van der Waals surface area contributed by atoms with E-state index in [1.54, 1.807) is 11.9 Å². The van der Waals surface area contributed by atoms with Crippen LogP contribution in [0.15, 0.2) is 12.3 Å². The Morgan fingerprint density at radius 3 is 2.35 bits per heavy atom. The SMILES string of the molecule is CN(C=O)CCC/C=C/O[Si](C)(C)C(C)(C)C. The maximum absolute atomic E-state index is 10.4. The number of rotatable bonds is 7. The van der Waals surface area contributed by atoms with Crippen LogP contribution in [-0.2, 0) is 9.22 Å². The third-order valence-electron chi connectivity index (χ3n) is 3.33. The number of nitrogens with zero attached hydrogens (tertiary/aromatic N) is 1. The number of carbonyl (C=O) groups is 1. The van der Waals surface area contributed by atoms with Crippen molar-refractivity contribution < 1.29 is 9.22 Å². The molecule has 0 fully saturated rings. The van der Waals surface area contributed by atoms with E-state index in [4.69, 9.17) is 4.43 Å². The van der Waals surface area contributed by atoms with Crippen LogP contribution in [-0.4, -0.2) is 33.2 Å². The van der Waals surface area contributed by atoms with Crippen molar-refractivity contribution in [1.82, 2.24) is 4.90 Å². The molecule has 0 radical (unpaired) electrons. The van der Waals surface area contributed by atoms with Gasteiger partial charge < -0.3 is 9.33 Å². The van der Waals surface area contributed by atoms with E-state index in [2.05, 4.69) is 39.9 Å². The lowest BCUT2D eigenvalue weighted by molar-refractivity contribution is -0.117. The number of unbranched alkanes of at least 4 members (excludes halogenated alkanes) is 1. The van der Waals surface area contributed by atoms with Crippen LogP contribution in [0, 0.1) is 0 Å². The summed E-state index contributed by atoms with van der Waals surface area (Å²) in [6.45, 7) is 12.0. The van der Waals surface area contributed by atoms with E-state index in [9.17, 15) is 4.79 Å². The number of hydrogen-bond acceptors (Lipinski definition) is 2. The molecule has 4 heteroatoms. The zero-order chi connectivity index (χ0) is 13.5. The van der Waals surface area contributed by atoms with Crippen LogP contribution in [0.5, 0.6) is 0 Å². The minimum atomic E-state index is -1.65. The van der Waals surface area contributed by atoms with E-state index in [0.29, 0.717) is 0 Å². The zero-order valence-electron chi connectivity index (χ0n) is 12.1. The fourth-order valence-electron chi connectivity index (χ4n) is 0.974. The van der Waals surface area contributed by atoms with Crippen LogP contribution in [0.4, 0.5) is 0 Å². The van der Waals surface area contributed by atoms with Gasteiger partial charge in [-0.25, -0.2) is 0 Å². The largest absolute Gasteiger partial charge is 0.549 e. The smallest absolute Gasteiger partial charge is 0.249 e. The van der Waals surface area contributed by atoms with Crippen LogP contribution in [0.1, 0.15) is 33.6 Å². The minimum Gasteiger partial charge on any atom is -0.549 e. The highest BCUT2D eigenvalue weighted by Gasteiger charge is 2.37. The van der Waals surface area contributed by atoms with Crippen molar-refractivity contribution in [1.29, 1.82) is 0 Å². The quantitative estimate of drug-likeness (QED) is 0.303. The highest BCUT2D eigenvalue weighted by atomic mass is 28.4. The number of hydrogen-bond donors (Lipinski definition) is 0. The molecule has 0 saturated heterocycles. The molecule has 0 N–H and O–H groups in total. The van der Waals surface area contributed by atoms with Crippen molar-refractivity contribution in [2.45, 2.75) is 51.7 Å². The van der Waals surface area contributed by atoms with E-state index in [1.807, 2.05) is 6.26 Å². The van der Waals surface area contributed by atoms with Crippen molar-refractivity contribution in [2.75, 3.05) is 13.6 Å². The number of allylic oxidation sites excluding steroid dienone is 1. The lowest BCUT2D eigenvalue weighted by Gasteiger charge is -2.34. The van der Waals surface area contributed by atoms with Crippen LogP contribution in [0.3, 0.4) is 0 Å². The maximum atomic E-state index is 10.4. The normalized spacial score (nSPS) is 12.8. The Kier molecular flexibility index (Phi) is 6.53. The van der Waals surface area contributed by atoms with Gasteiger partial charge >= 0.3 is 0 Å². The van der Waals surface area contributed by atoms with Crippen molar-refractivity contribution in [3.05, 3.63) is 12.3 Å². The lowest BCUT2D eigenvalue weighted by Crippen LogP contribution is -2.39. The Morgan fingerprint density at radius 2 is 1.88 bits per heavy atom. The Labute approximate surface area is 107 Å². The average molecular weight is 257 g/mol. The summed E-state index contributed by atoms with van der Waals surface area (Å²) in [6.07, 6.45) is 6.69. The second-order valence-corrected chi connectivity index (χ2v) is 10.7. The average Bonchev–Trinajstić information content (AvgIpc) is 2.21. The molecule has 0 spiro atoms. The van der Waals surface area contributed by atoms with E-state index in [0.717, 1.165) is 25.8 Å². The molecule has 0 bridgehead atoms. The first kappa shape index (κ1) is 16.2. The molecule has 17 heavy (non-hydrogen) atoms. The van der Waals surface area contributed by atoms with Gasteiger partial charge in [0.2, 0.25) is 14.7 Å². The Hall–Kier alpha value is -0.773. The molecule has 0 atom stereocenters. The van der Waals surface area contributed by atoms with E-state index < -0.39 is 8.32 Å². The predicted octanol–water partition coefficient (Wildman–Crippen LogP) is 3.39. The van der Waals surface area contributed by atoms with Gasteiger partial charge in [0, 0.05) is 13.6 Å². The van der Waals surface area contributed by atoms with Crippen molar-refractivity contribution in [3.8, 4) is 0 Å². The summed E-state index contributed by atoms with van der Waals surface area (Å²) in [6, 6.07) is 0. The van der Waals surface area contributed by atoms with Crippen molar-refractivity contribution in [2.24, 2.45) is 0 Å². The van der Waals surface area contributed by atoms with Crippen LogP contribution < -0.4 is 0 Å². The maximum Gasteiger partial charge on any atom is 0.249 e. The van der Waals surface area contributed by atoms with Gasteiger partial charge in [0.25, 0.3) is 0 Å². The molecule has 0 unspecified atom stereocenters. The molecule has 100 valence electrons. The van der Waals surface area contributed by atoms with E-state index in [1.165, 1.54) is 0 Å². The van der Waals surface area contributed by atoms with Crippen LogP contribution in [0.25, 0.3) is 0 Å². The zero-order valence-corrected chi connectivity index (χ0v) is 13.1. The number of carbonyl (C=O) groups excluding carboxylic acids is 1. The van der Waals surface area contributed by atoms with Gasteiger partial charge in [-0.05, 0) is 31.0 Å². The highest BCUT2D eigenvalue weighted by Crippen LogP contribution is 2.36. The summed E-state index contributed by atoms with van der Waals surface area (Å²) in [5.74, 6) is 0. The molecule has 0 heterocycles. The van der Waals surface area contributed by atoms with Gasteiger partial charge in [-0.2, -0.15) is 0 Å². The molecular weight excluding hydrogens is 230 g/mol. The Bertz CT molecular complexity index is 257. The third-order valence-corrected chi connectivity index (χ3v) is 7.66. The highest BCUT2D eigenvalue weighted by molar-refractivity contribution is 6.74. The summed E-state index contributed by atoms with van der Waals surface area (Å²) < 4.78 is 5.90. The molecule has 0 aliphatic heterocycles. The third kappa shape index (κ3) is 6.51. The standard InChI is InChI=1S/C13H27NO2Si/c1-13(2,3)17(5,6)16-11-9-7-8-10-14(4)12-15/h9,11-12H,7-8,10H2,1-6H3/b11-9+. The predicted molar refractivity (Wildman–Crippen MR) is 75.4 cm³/mol. The molecule has 3 nitrogen and oxygen atoms in total. The first-order valence-corrected chi connectivity index (χ1v) is 9.10. The van der Waals surface area contributed by atoms with Gasteiger partial charge in [0.1, 0.15) is 0 Å².